The topological polar surface area (TPSA) is 99.5 Å². The van der Waals surface area contributed by atoms with Gasteiger partial charge in [0.05, 0.1) is 12.3 Å². The molecule has 1 saturated heterocycles. The molecule has 1 unspecified atom stereocenters. The van der Waals surface area contributed by atoms with Gasteiger partial charge in [-0.25, -0.2) is 0 Å². The Labute approximate surface area is 229 Å². The third-order valence-electron chi connectivity index (χ3n) is 7.56. The molecule has 3 aromatic rings. The van der Waals surface area contributed by atoms with E-state index in [1.807, 2.05) is 24.3 Å². The lowest BCUT2D eigenvalue weighted by molar-refractivity contribution is -0.138. The number of aliphatic carboxylic acids is 1. The Morgan fingerprint density at radius 3 is 2.42 bits per heavy atom. The SMILES string of the molecule is O=C(O)CCC(=O)C1C=C(c2nc(N3CCCC3)nc(N3CCc4ccccc4C3)n2)c2ccc(Br)cc21. The van der Waals surface area contributed by atoms with Crippen LogP contribution in [0.25, 0.3) is 5.57 Å². The fourth-order valence-electron chi connectivity index (χ4n) is 5.57. The summed E-state index contributed by atoms with van der Waals surface area (Å²) in [6.07, 6.45) is 4.83. The number of carbonyl (C=O) groups excluding carboxylic acids is 1. The number of carboxylic acid groups (broad SMARTS) is 1. The van der Waals surface area contributed by atoms with Crippen molar-refractivity contribution in [3.63, 3.8) is 0 Å². The first-order valence-electron chi connectivity index (χ1n) is 13.1. The van der Waals surface area contributed by atoms with Crippen molar-refractivity contribution in [3.05, 3.63) is 81.1 Å². The molecule has 0 spiro atoms. The van der Waals surface area contributed by atoms with Gasteiger partial charge in [-0.05, 0) is 53.6 Å². The van der Waals surface area contributed by atoms with Gasteiger partial charge in [0.15, 0.2) is 5.82 Å². The van der Waals surface area contributed by atoms with Crippen molar-refractivity contribution in [2.24, 2.45) is 0 Å². The number of Topliss-reactive ketones (excluding diaryl/α,β-unsaturated/α-hetero) is 1. The summed E-state index contributed by atoms with van der Waals surface area (Å²) in [6.45, 7) is 3.37. The van der Waals surface area contributed by atoms with E-state index in [1.54, 1.807) is 0 Å². The van der Waals surface area contributed by atoms with Crippen LogP contribution in [0.1, 0.15) is 59.7 Å². The molecule has 3 heterocycles. The average Bonchev–Trinajstić information content (AvgIpc) is 3.60. The van der Waals surface area contributed by atoms with E-state index in [1.165, 1.54) is 11.1 Å². The number of benzene rings is 2. The Morgan fingerprint density at radius 2 is 1.66 bits per heavy atom. The number of anilines is 2. The molecule has 9 heteroatoms. The second-order valence-electron chi connectivity index (χ2n) is 10.0. The molecule has 38 heavy (non-hydrogen) atoms. The summed E-state index contributed by atoms with van der Waals surface area (Å²) >= 11 is 3.53. The summed E-state index contributed by atoms with van der Waals surface area (Å²) < 4.78 is 0.864. The van der Waals surface area contributed by atoms with Gasteiger partial charge in [0, 0.05) is 42.6 Å². The van der Waals surface area contributed by atoms with Crippen LogP contribution in [0.5, 0.6) is 0 Å². The highest BCUT2D eigenvalue weighted by Gasteiger charge is 2.32. The lowest BCUT2D eigenvalue weighted by atomic mass is 9.94. The molecule has 1 N–H and O–H groups in total. The molecule has 6 rings (SSSR count). The van der Waals surface area contributed by atoms with Crippen LogP contribution in [0.4, 0.5) is 11.9 Å². The molecular formula is C29H28BrN5O3. The first-order chi connectivity index (χ1) is 18.5. The number of hydrogen-bond acceptors (Lipinski definition) is 7. The predicted octanol–water partition coefficient (Wildman–Crippen LogP) is 4.76. The normalized spacial score (nSPS) is 18.2. The van der Waals surface area contributed by atoms with E-state index in [2.05, 4.69) is 50.0 Å². The zero-order chi connectivity index (χ0) is 26.2. The molecule has 0 bridgehead atoms. The van der Waals surface area contributed by atoms with Gasteiger partial charge in [0.25, 0.3) is 0 Å². The highest BCUT2D eigenvalue weighted by molar-refractivity contribution is 9.10. The lowest BCUT2D eigenvalue weighted by Gasteiger charge is -2.29. The Morgan fingerprint density at radius 1 is 0.921 bits per heavy atom. The Bertz CT molecular complexity index is 1450. The van der Waals surface area contributed by atoms with E-state index in [0.29, 0.717) is 17.7 Å². The van der Waals surface area contributed by atoms with Gasteiger partial charge < -0.3 is 14.9 Å². The number of hydrogen-bond donors (Lipinski definition) is 1. The second kappa shape index (κ2) is 10.3. The van der Waals surface area contributed by atoms with Crippen LogP contribution < -0.4 is 9.80 Å². The number of nitrogens with zero attached hydrogens (tertiary/aromatic N) is 5. The van der Waals surface area contributed by atoms with Crippen LogP contribution in [0.3, 0.4) is 0 Å². The number of rotatable bonds is 7. The highest BCUT2D eigenvalue weighted by Crippen LogP contribution is 2.41. The first kappa shape index (κ1) is 24.7. The number of ketones is 1. The summed E-state index contributed by atoms with van der Waals surface area (Å²) in [5.74, 6) is 0.231. The Kier molecular flexibility index (Phi) is 6.69. The molecule has 3 aliphatic rings. The van der Waals surface area contributed by atoms with Crippen molar-refractivity contribution < 1.29 is 14.7 Å². The summed E-state index contributed by atoms with van der Waals surface area (Å²) in [6, 6.07) is 14.3. The number of aromatic nitrogens is 3. The maximum atomic E-state index is 13.1. The molecule has 1 aliphatic carbocycles. The molecule has 0 radical (unpaired) electrons. The van der Waals surface area contributed by atoms with Gasteiger partial charge in [-0.3, -0.25) is 9.59 Å². The average molecular weight is 574 g/mol. The van der Waals surface area contributed by atoms with E-state index in [9.17, 15) is 9.59 Å². The zero-order valence-electron chi connectivity index (χ0n) is 20.9. The van der Waals surface area contributed by atoms with Crippen LogP contribution in [0, 0.1) is 0 Å². The maximum absolute atomic E-state index is 13.1. The number of halogens is 1. The standard InChI is InChI=1S/C29H28BrN5O3/c30-20-7-8-21-22(15-20)23(25(36)9-10-26(37)38)16-24(21)27-31-28(34-12-3-4-13-34)33-29(32-27)35-14-11-18-5-1-2-6-19(18)17-35/h1-2,5-8,15-16,23H,3-4,9-14,17H2,(H,37,38). The van der Waals surface area contributed by atoms with Crippen LogP contribution in [-0.2, 0) is 22.6 Å². The number of carboxylic acids is 1. The fraction of sp³-hybridized carbons (Fsp3) is 0.345. The van der Waals surface area contributed by atoms with Crippen LogP contribution in [0.2, 0.25) is 0 Å². The van der Waals surface area contributed by atoms with Crippen molar-refractivity contribution in [2.45, 2.75) is 44.6 Å². The number of allylic oxidation sites excluding steroid dienone is 1. The first-order valence-corrected chi connectivity index (χ1v) is 13.8. The van der Waals surface area contributed by atoms with Crippen LogP contribution >= 0.6 is 15.9 Å². The molecule has 2 aliphatic heterocycles. The molecule has 1 aromatic heterocycles. The van der Waals surface area contributed by atoms with E-state index >= 15 is 0 Å². The van der Waals surface area contributed by atoms with Crippen molar-refractivity contribution in [1.82, 2.24) is 15.0 Å². The third kappa shape index (κ3) is 4.82. The number of carbonyl (C=O) groups is 2. The second-order valence-corrected chi connectivity index (χ2v) is 11.0. The van der Waals surface area contributed by atoms with Crippen LogP contribution in [-0.4, -0.2) is 51.4 Å². The van der Waals surface area contributed by atoms with Crippen molar-refractivity contribution >= 4 is 45.2 Å². The summed E-state index contributed by atoms with van der Waals surface area (Å²) in [5, 5.41) is 9.11. The molecular weight excluding hydrogens is 546 g/mol. The molecule has 8 nitrogen and oxygen atoms in total. The van der Waals surface area contributed by atoms with Crippen molar-refractivity contribution in [3.8, 4) is 0 Å². The van der Waals surface area contributed by atoms with E-state index < -0.39 is 11.9 Å². The van der Waals surface area contributed by atoms with E-state index in [4.69, 9.17) is 20.1 Å². The minimum Gasteiger partial charge on any atom is -0.481 e. The predicted molar refractivity (Wildman–Crippen MR) is 148 cm³/mol. The Balaban J connectivity index is 1.41. The maximum Gasteiger partial charge on any atom is 0.303 e. The smallest absolute Gasteiger partial charge is 0.303 e. The molecule has 0 saturated carbocycles. The number of fused-ring (bicyclic) bond motifs is 2. The van der Waals surface area contributed by atoms with Gasteiger partial charge in [0.1, 0.15) is 5.78 Å². The highest BCUT2D eigenvalue weighted by atomic mass is 79.9. The summed E-state index contributed by atoms with van der Waals surface area (Å²) in [4.78, 5) is 43.5. The molecule has 1 atom stereocenters. The molecule has 194 valence electrons. The quantitative estimate of drug-likeness (QED) is 0.432. The van der Waals surface area contributed by atoms with Gasteiger partial charge in [0.2, 0.25) is 11.9 Å². The van der Waals surface area contributed by atoms with Crippen molar-refractivity contribution in [1.29, 1.82) is 0 Å². The fourth-order valence-corrected chi connectivity index (χ4v) is 5.95. The zero-order valence-corrected chi connectivity index (χ0v) is 22.5. The molecule has 2 aromatic carbocycles. The minimum atomic E-state index is -0.976. The van der Waals surface area contributed by atoms with Gasteiger partial charge in [-0.1, -0.05) is 52.3 Å². The monoisotopic (exact) mass is 573 g/mol. The lowest BCUT2D eigenvalue weighted by Crippen LogP contribution is -2.33. The van der Waals surface area contributed by atoms with Gasteiger partial charge >= 0.3 is 5.97 Å². The molecule has 0 amide bonds. The van der Waals surface area contributed by atoms with Gasteiger partial charge in [-0.2, -0.15) is 15.0 Å². The summed E-state index contributed by atoms with van der Waals surface area (Å²) in [5.41, 5.74) is 5.18. The largest absolute Gasteiger partial charge is 0.481 e. The van der Waals surface area contributed by atoms with E-state index in [0.717, 1.165) is 66.6 Å². The minimum absolute atomic E-state index is 0.0234. The third-order valence-corrected chi connectivity index (χ3v) is 8.05. The van der Waals surface area contributed by atoms with E-state index in [-0.39, 0.29) is 18.6 Å². The van der Waals surface area contributed by atoms with Crippen LogP contribution in [0.15, 0.2) is 53.0 Å². The van der Waals surface area contributed by atoms with Crippen molar-refractivity contribution in [2.75, 3.05) is 29.4 Å². The summed E-state index contributed by atoms with van der Waals surface area (Å²) in [7, 11) is 0. The Hall–Kier alpha value is -3.59. The molecule has 1 fully saturated rings. The van der Waals surface area contributed by atoms with Gasteiger partial charge in [-0.15, -0.1) is 0 Å².